The summed E-state index contributed by atoms with van der Waals surface area (Å²) in [7, 11) is 0. The van der Waals surface area contributed by atoms with Gasteiger partial charge >= 0.3 is 0 Å². The number of carbonyl (C=O) groups excluding carboxylic acids is 2. The third-order valence-electron chi connectivity index (χ3n) is 4.62. The fraction of sp³-hybridized carbons (Fsp3) is 0.579. The van der Waals surface area contributed by atoms with Crippen LogP contribution in [-0.2, 0) is 16.1 Å². The molecular formula is C19H29FN4O2. The van der Waals surface area contributed by atoms with Gasteiger partial charge in [-0.25, -0.2) is 4.39 Å². The maximum Gasteiger partial charge on any atom is 0.234 e. The molecule has 0 radical (unpaired) electrons. The topological polar surface area (TPSA) is 64.7 Å². The van der Waals surface area contributed by atoms with Crippen LogP contribution in [0.4, 0.5) is 4.39 Å². The molecule has 1 atom stereocenters. The summed E-state index contributed by atoms with van der Waals surface area (Å²) in [6.07, 6.45) is 0.923. The Hall–Kier alpha value is -1.99. The Balaban J connectivity index is 1.64. The second kappa shape index (κ2) is 10.2. The summed E-state index contributed by atoms with van der Waals surface area (Å²) < 4.78 is 12.9. The SMILES string of the molecule is CCC(C)NC(=O)CN1CCN(CC(=O)NCc2ccc(F)cc2)CC1. The van der Waals surface area contributed by atoms with E-state index in [0.717, 1.165) is 38.2 Å². The van der Waals surface area contributed by atoms with Crippen LogP contribution in [0.25, 0.3) is 0 Å². The van der Waals surface area contributed by atoms with E-state index in [2.05, 4.69) is 20.4 Å². The number of halogens is 1. The monoisotopic (exact) mass is 364 g/mol. The smallest absolute Gasteiger partial charge is 0.234 e. The molecule has 0 spiro atoms. The van der Waals surface area contributed by atoms with Crippen molar-refractivity contribution in [2.45, 2.75) is 32.9 Å². The highest BCUT2D eigenvalue weighted by Gasteiger charge is 2.20. The van der Waals surface area contributed by atoms with Crippen LogP contribution in [-0.4, -0.2) is 66.9 Å². The summed E-state index contributed by atoms with van der Waals surface area (Å²) >= 11 is 0. The highest BCUT2D eigenvalue weighted by atomic mass is 19.1. The molecular weight excluding hydrogens is 335 g/mol. The van der Waals surface area contributed by atoms with Crippen molar-refractivity contribution in [3.63, 3.8) is 0 Å². The minimum Gasteiger partial charge on any atom is -0.353 e. The van der Waals surface area contributed by atoms with Crippen molar-refractivity contribution < 1.29 is 14.0 Å². The molecule has 1 aromatic carbocycles. The van der Waals surface area contributed by atoms with Crippen LogP contribution >= 0.6 is 0 Å². The molecule has 2 rings (SSSR count). The Kier molecular flexibility index (Phi) is 8.00. The van der Waals surface area contributed by atoms with E-state index in [-0.39, 0.29) is 23.7 Å². The first kappa shape index (κ1) is 20.3. The van der Waals surface area contributed by atoms with E-state index in [1.165, 1.54) is 12.1 Å². The molecule has 26 heavy (non-hydrogen) atoms. The maximum absolute atomic E-state index is 12.9. The van der Waals surface area contributed by atoms with Gasteiger partial charge in [-0.05, 0) is 31.0 Å². The van der Waals surface area contributed by atoms with Gasteiger partial charge in [-0.15, -0.1) is 0 Å². The molecule has 7 heteroatoms. The Morgan fingerprint density at radius 3 is 2.12 bits per heavy atom. The van der Waals surface area contributed by atoms with Crippen LogP contribution in [0.2, 0.25) is 0 Å². The molecule has 0 aromatic heterocycles. The quantitative estimate of drug-likeness (QED) is 0.722. The van der Waals surface area contributed by atoms with Crippen LogP contribution in [0.15, 0.2) is 24.3 Å². The van der Waals surface area contributed by atoms with Gasteiger partial charge in [-0.3, -0.25) is 19.4 Å². The number of hydrogen-bond donors (Lipinski definition) is 2. The van der Waals surface area contributed by atoms with Gasteiger partial charge in [-0.1, -0.05) is 19.1 Å². The van der Waals surface area contributed by atoms with E-state index in [1.54, 1.807) is 12.1 Å². The molecule has 1 aliphatic heterocycles. The Morgan fingerprint density at radius 2 is 1.58 bits per heavy atom. The first-order valence-electron chi connectivity index (χ1n) is 9.21. The third kappa shape index (κ3) is 7.09. The summed E-state index contributed by atoms with van der Waals surface area (Å²) in [6, 6.07) is 6.31. The average molecular weight is 364 g/mol. The minimum absolute atomic E-state index is 0.0442. The number of carbonyl (C=O) groups is 2. The van der Waals surface area contributed by atoms with Crippen LogP contribution in [0.1, 0.15) is 25.8 Å². The molecule has 0 aliphatic carbocycles. The van der Waals surface area contributed by atoms with Crippen LogP contribution in [0.3, 0.4) is 0 Å². The fourth-order valence-corrected chi connectivity index (χ4v) is 2.79. The summed E-state index contributed by atoms with van der Waals surface area (Å²) in [5.41, 5.74) is 0.872. The number of piperazine rings is 1. The van der Waals surface area contributed by atoms with Gasteiger partial charge < -0.3 is 10.6 Å². The highest BCUT2D eigenvalue weighted by Crippen LogP contribution is 2.03. The maximum atomic E-state index is 12.9. The van der Waals surface area contributed by atoms with E-state index < -0.39 is 0 Å². The second-order valence-corrected chi connectivity index (χ2v) is 6.83. The number of nitrogens with one attached hydrogen (secondary N) is 2. The summed E-state index contributed by atoms with van der Waals surface area (Å²) in [6.45, 7) is 8.28. The Labute approximate surface area is 154 Å². The van der Waals surface area contributed by atoms with Gasteiger partial charge in [-0.2, -0.15) is 0 Å². The van der Waals surface area contributed by atoms with E-state index in [0.29, 0.717) is 19.6 Å². The molecule has 1 fully saturated rings. The van der Waals surface area contributed by atoms with Gasteiger partial charge in [0.1, 0.15) is 5.82 Å². The average Bonchev–Trinajstić information content (AvgIpc) is 2.62. The Morgan fingerprint density at radius 1 is 1.04 bits per heavy atom. The fourth-order valence-electron chi connectivity index (χ4n) is 2.79. The van der Waals surface area contributed by atoms with Crippen molar-refractivity contribution in [3.05, 3.63) is 35.6 Å². The van der Waals surface area contributed by atoms with E-state index in [1.807, 2.05) is 13.8 Å². The van der Waals surface area contributed by atoms with Crippen molar-refractivity contribution in [3.8, 4) is 0 Å². The van der Waals surface area contributed by atoms with Gasteiger partial charge in [0.2, 0.25) is 11.8 Å². The lowest BCUT2D eigenvalue weighted by Crippen LogP contribution is -2.52. The molecule has 0 saturated carbocycles. The van der Waals surface area contributed by atoms with Crippen LogP contribution in [0, 0.1) is 5.82 Å². The molecule has 2 amide bonds. The van der Waals surface area contributed by atoms with Crippen molar-refractivity contribution in [1.29, 1.82) is 0 Å². The van der Waals surface area contributed by atoms with Gasteiger partial charge in [0.25, 0.3) is 0 Å². The molecule has 0 bridgehead atoms. The number of hydrogen-bond acceptors (Lipinski definition) is 4. The largest absolute Gasteiger partial charge is 0.353 e. The predicted octanol–water partition coefficient (Wildman–Crippen LogP) is 0.974. The molecule has 2 N–H and O–H groups in total. The number of benzene rings is 1. The van der Waals surface area contributed by atoms with E-state index in [9.17, 15) is 14.0 Å². The molecule has 1 saturated heterocycles. The minimum atomic E-state index is -0.282. The van der Waals surface area contributed by atoms with Crippen molar-refractivity contribution in [2.75, 3.05) is 39.3 Å². The van der Waals surface area contributed by atoms with E-state index >= 15 is 0 Å². The highest BCUT2D eigenvalue weighted by molar-refractivity contribution is 5.78. The number of amides is 2. The molecule has 144 valence electrons. The van der Waals surface area contributed by atoms with Gasteiger partial charge in [0.15, 0.2) is 0 Å². The predicted molar refractivity (Wildman–Crippen MR) is 99.0 cm³/mol. The number of nitrogens with zero attached hydrogens (tertiary/aromatic N) is 2. The lowest BCUT2D eigenvalue weighted by molar-refractivity contribution is -0.125. The summed E-state index contributed by atoms with van der Waals surface area (Å²) in [5.74, 6) is -0.266. The Bertz CT molecular complexity index is 586. The zero-order valence-corrected chi connectivity index (χ0v) is 15.6. The second-order valence-electron chi connectivity index (χ2n) is 6.83. The van der Waals surface area contributed by atoms with Crippen molar-refractivity contribution in [1.82, 2.24) is 20.4 Å². The summed E-state index contributed by atoms with van der Waals surface area (Å²) in [4.78, 5) is 28.2. The zero-order valence-electron chi connectivity index (χ0n) is 15.6. The first-order chi connectivity index (χ1) is 12.5. The van der Waals surface area contributed by atoms with Gasteiger partial charge in [0.05, 0.1) is 13.1 Å². The molecule has 1 aromatic rings. The lowest BCUT2D eigenvalue weighted by Gasteiger charge is -2.34. The summed E-state index contributed by atoms with van der Waals surface area (Å²) in [5, 5.41) is 5.83. The lowest BCUT2D eigenvalue weighted by atomic mass is 10.2. The van der Waals surface area contributed by atoms with Crippen LogP contribution in [0.5, 0.6) is 0 Å². The molecule has 1 unspecified atom stereocenters. The molecule has 1 aliphatic rings. The standard InChI is InChI=1S/C19H29FN4O2/c1-3-15(2)22-19(26)14-24-10-8-23(9-11-24)13-18(25)21-12-16-4-6-17(20)7-5-16/h4-7,15H,3,8-14H2,1-2H3,(H,21,25)(H,22,26). The van der Waals surface area contributed by atoms with Gasteiger partial charge in [0, 0.05) is 38.8 Å². The van der Waals surface area contributed by atoms with Crippen LogP contribution < -0.4 is 10.6 Å². The zero-order chi connectivity index (χ0) is 18.9. The van der Waals surface area contributed by atoms with E-state index in [4.69, 9.17) is 0 Å². The normalized spacial score (nSPS) is 16.9. The van der Waals surface area contributed by atoms with Crippen molar-refractivity contribution in [2.24, 2.45) is 0 Å². The van der Waals surface area contributed by atoms with Crippen molar-refractivity contribution >= 4 is 11.8 Å². The first-order valence-corrected chi connectivity index (χ1v) is 9.21. The molecule has 1 heterocycles. The third-order valence-corrected chi connectivity index (χ3v) is 4.62. The number of rotatable bonds is 8. The molecule has 6 nitrogen and oxygen atoms in total.